The first-order valence-corrected chi connectivity index (χ1v) is 6.37. The van der Waals surface area contributed by atoms with Crippen LogP contribution < -0.4 is 5.73 Å². The molecule has 0 saturated carbocycles. The maximum Gasteiger partial charge on any atom is 0.129 e. The van der Waals surface area contributed by atoms with Crippen LogP contribution in [0.25, 0.3) is 11.3 Å². The molecule has 94 valence electrons. The number of aryl methyl sites for hydroxylation is 2. The third kappa shape index (κ3) is 3.28. The van der Waals surface area contributed by atoms with E-state index in [0.29, 0.717) is 6.54 Å². The van der Waals surface area contributed by atoms with Crippen LogP contribution >= 0.6 is 11.6 Å². The zero-order valence-corrected chi connectivity index (χ0v) is 11.1. The molecule has 1 aromatic heterocycles. The molecule has 1 heterocycles. The lowest BCUT2D eigenvalue weighted by atomic mass is 10.1. The molecule has 4 heteroatoms. The van der Waals surface area contributed by atoms with Gasteiger partial charge < -0.3 is 5.73 Å². The Morgan fingerprint density at radius 2 is 1.89 bits per heavy atom. The van der Waals surface area contributed by atoms with Crippen molar-refractivity contribution in [2.75, 3.05) is 6.54 Å². The van der Waals surface area contributed by atoms with Gasteiger partial charge >= 0.3 is 0 Å². The van der Waals surface area contributed by atoms with Gasteiger partial charge in [-0.3, -0.25) is 0 Å². The average molecular weight is 262 g/mol. The Hall–Kier alpha value is -1.45. The van der Waals surface area contributed by atoms with Crippen LogP contribution in [0.1, 0.15) is 17.9 Å². The van der Waals surface area contributed by atoms with Gasteiger partial charge in [-0.2, -0.15) is 0 Å². The van der Waals surface area contributed by atoms with Crippen LogP contribution in [0.5, 0.6) is 0 Å². The van der Waals surface area contributed by atoms with Crippen molar-refractivity contribution in [3.05, 3.63) is 46.9 Å². The highest BCUT2D eigenvalue weighted by Crippen LogP contribution is 2.20. The van der Waals surface area contributed by atoms with Crippen molar-refractivity contribution in [1.29, 1.82) is 0 Å². The van der Waals surface area contributed by atoms with Crippen LogP contribution in [0.15, 0.2) is 30.3 Å². The quantitative estimate of drug-likeness (QED) is 0.921. The highest BCUT2D eigenvalue weighted by molar-refractivity contribution is 6.30. The summed E-state index contributed by atoms with van der Waals surface area (Å²) in [5.74, 6) is 0.852. The molecule has 0 spiro atoms. The zero-order chi connectivity index (χ0) is 13.0. The second-order valence-corrected chi connectivity index (χ2v) is 4.65. The van der Waals surface area contributed by atoms with E-state index in [0.717, 1.165) is 40.6 Å². The molecular formula is C14H16ClN3. The monoisotopic (exact) mass is 261 g/mol. The van der Waals surface area contributed by atoms with Crippen LogP contribution in [-0.4, -0.2) is 16.5 Å². The maximum absolute atomic E-state index is 5.88. The first-order valence-electron chi connectivity index (χ1n) is 5.99. The van der Waals surface area contributed by atoms with Crippen LogP contribution in [0.4, 0.5) is 0 Å². The number of halogens is 1. The summed E-state index contributed by atoms with van der Waals surface area (Å²) in [5, 5.41) is 0.730. The number of nitrogens with zero attached hydrogens (tertiary/aromatic N) is 2. The minimum absolute atomic E-state index is 0.660. The molecule has 0 amide bonds. The fourth-order valence-corrected chi connectivity index (χ4v) is 1.90. The second-order valence-electron chi connectivity index (χ2n) is 4.21. The SMILES string of the molecule is Cc1cc(-c2ccc(Cl)cc2)nc(CCCN)n1. The minimum atomic E-state index is 0.660. The standard InChI is InChI=1S/C14H16ClN3/c1-10-9-13(11-4-6-12(15)7-5-11)18-14(17-10)3-2-8-16/h4-7,9H,2-3,8,16H2,1H3. The average Bonchev–Trinajstić information content (AvgIpc) is 2.36. The second kappa shape index (κ2) is 5.94. The summed E-state index contributed by atoms with van der Waals surface area (Å²) in [7, 11) is 0. The summed E-state index contributed by atoms with van der Waals surface area (Å²) in [6, 6.07) is 9.66. The lowest BCUT2D eigenvalue weighted by Gasteiger charge is -2.06. The largest absolute Gasteiger partial charge is 0.330 e. The molecule has 0 bridgehead atoms. The van der Waals surface area contributed by atoms with E-state index in [1.54, 1.807) is 0 Å². The van der Waals surface area contributed by atoms with E-state index in [-0.39, 0.29) is 0 Å². The molecule has 0 saturated heterocycles. The Morgan fingerprint density at radius 1 is 1.17 bits per heavy atom. The molecular weight excluding hydrogens is 246 g/mol. The van der Waals surface area contributed by atoms with Gasteiger partial charge in [-0.05, 0) is 38.1 Å². The maximum atomic E-state index is 5.88. The number of benzene rings is 1. The molecule has 3 nitrogen and oxygen atoms in total. The third-order valence-corrected chi connectivity index (χ3v) is 2.90. The van der Waals surface area contributed by atoms with Crippen LogP contribution in [-0.2, 0) is 6.42 Å². The molecule has 0 aliphatic rings. The van der Waals surface area contributed by atoms with Gasteiger partial charge in [0.25, 0.3) is 0 Å². The number of hydrogen-bond donors (Lipinski definition) is 1. The first kappa shape index (κ1) is 13.0. The lowest BCUT2D eigenvalue weighted by Crippen LogP contribution is -2.04. The Balaban J connectivity index is 2.32. The summed E-state index contributed by atoms with van der Waals surface area (Å²) in [5.41, 5.74) is 8.47. The van der Waals surface area contributed by atoms with Gasteiger partial charge in [-0.1, -0.05) is 23.7 Å². The zero-order valence-electron chi connectivity index (χ0n) is 10.4. The van der Waals surface area contributed by atoms with E-state index >= 15 is 0 Å². The Bertz CT molecular complexity index is 523. The normalized spacial score (nSPS) is 10.6. The predicted molar refractivity (Wildman–Crippen MR) is 74.6 cm³/mol. The molecule has 0 aliphatic carbocycles. The van der Waals surface area contributed by atoms with Crippen molar-refractivity contribution < 1.29 is 0 Å². The van der Waals surface area contributed by atoms with Gasteiger partial charge in [0.15, 0.2) is 0 Å². The fraction of sp³-hybridized carbons (Fsp3) is 0.286. The molecule has 18 heavy (non-hydrogen) atoms. The van der Waals surface area contributed by atoms with Gasteiger partial charge in [-0.25, -0.2) is 9.97 Å². The molecule has 0 aliphatic heterocycles. The van der Waals surface area contributed by atoms with E-state index in [1.807, 2.05) is 37.3 Å². The smallest absolute Gasteiger partial charge is 0.129 e. The molecule has 2 rings (SSSR count). The van der Waals surface area contributed by atoms with E-state index in [1.165, 1.54) is 0 Å². The predicted octanol–water partition coefficient (Wildman–Crippen LogP) is 3.00. The van der Waals surface area contributed by atoms with Crippen molar-refractivity contribution in [3.63, 3.8) is 0 Å². The Labute approximate surface area is 112 Å². The van der Waals surface area contributed by atoms with Gasteiger partial charge in [0.2, 0.25) is 0 Å². The Morgan fingerprint density at radius 3 is 2.56 bits per heavy atom. The van der Waals surface area contributed by atoms with Crippen molar-refractivity contribution in [1.82, 2.24) is 9.97 Å². The van der Waals surface area contributed by atoms with Crippen LogP contribution in [0.2, 0.25) is 5.02 Å². The first-order chi connectivity index (χ1) is 8.69. The van der Waals surface area contributed by atoms with Crippen molar-refractivity contribution in [3.8, 4) is 11.3 Å². The van der Waals surface area contributed by atoms with E-state index < -0.39 is 0 Å². The van der Waals surface area contributed by atoms with Crippen molar-refractivity contribution in [2.24, 2.45) is 5.73 Å². The molecule has 0 fully saturated rings. The van der Waals surface area contributed by atoms with Gasteiger partial charge in [0, 0.05) is 22.7 Å². The highest BCUT2D eigenvalue weighted by atomic mass is 35.5. The lowest BCUT2D eigenvalue weighted by molar-refractivity contribution is 0.777. The molecule has 1 aromatic carbocycles. The number of aromatic nitrogens is 2. The summed E-state index contributed by atoms with van der Waals surface area (Å²) in [6.45, 7) is 2.64. The van der Waals surface area contributed by atoms with Gasteiger partial charge in [-0.15, -0.1) is 0 Å². The number of nitrogens with two attached hydrogens (primary N) is 1. The third-order valence-electron chi connectivity index (χ3n) is 2.65. The summed E-state index contributed by atoms with van der Waals surface area (Å²) < 4.78 is 0. The van der Waals surface area contributed by atoms with E-state index in [4.69, 9.17) is 17.3 Å². The van der Waals surface area contributed by atoms with Crippen molar-refractivity contribution in [2.45, 2.75) is 19.8 Å². The fourth-order valence-electron chi connectivity index (χ4n) is 1.77. The van der Waals surface area contributed by atoms with Crippen LogP contribution in [0.3, 0.4) is 0 Å². The van der Waals surface area contributed by atoms with Crippen molar-refractivity contribution >= 4 is 11.6 Å². The van der Waals surface area contributed by atoms with E-state index in [2.05, 4.69) is 9.97 Å². The van der Waals surface area contributed by atoms with Gasteiger partial charge in [0.1, 0.15) is 5.82 Å². The minimum Gasteiger partial charge on any atom is -0.330 e. The number of rotatable bonds is 4. The van der Waals surface area contributed by atoms with Gasteiger partial charge in [0.05, 0.1) is 5.69 Å². The topological polar surface area (TPSA) is 51.8 Å². The summed E-state index contributed by atoms with van der Waals surface area (Å²) in [4.78, 5) is 8.98. The summed E-state index contributed by atoms with van der Waals surface area (Å²) in [6.07, 6.45) is 1.72. The molecule has 2 N–H and O–H groups in total. The molecule has 0 atom stereocenters. The summed E-state index contributed by atoms with van der Waals surface area (Å²) >= 11 is 5.88. The molecule has 0 unspecified atom stereocenters. The Kier molecular flexibility index (Phi) is 4.28. The number of hydrogen-bond acceptors (Lipinski definition) is 3. The highest BCUT2D eigenvalue weighted by Gasteiger charge is 2.04. The van der Waals surface area contributed by atoms with E-state index in [9.17, 15) is 0 Å². The molecule has 0 radical (unpaired) electrons. The molecule has 2 aromatic rings. The van der Waals surface area contributed by atoms with Crippen LogP contribution in [0, 0.1) is 6.92 Å².